The van der Waals surface area contributed by atoms with Gasteiger partial charge in [0.15, 0.2) is 0 Å². The van der Waals surface area contributed by atoms with Crippen molar-refractivity contribution in [3.05, 3.63) is 42.1 Å². The highest BCUT2D eigenvalue weighted by Crippen LogP contribution is 2.12. The molecule has 1 aromatic carbocycles. The van der Waals surface area contributed by atoms with Crippen molar-refractivity contribution in [3.63, 3.8) is 0 Å². The first-order chi connectivity index (χ1) is 8.29. The molecule has 0 amide bonds. The molecule has 0 bridgehead atoms. The summed E-state index contributed by atoms with van der Waals surface area (Å²) in [5, 5.41) is 9.96. The Bertz CT molecular complexity index is 484. The number of benzene rings is 1. The number of hydrogen-bond acceptors (Lipinski definition) is 3. The van der Waals surface area contributed by atoms with Crippen LogP contribution in [0.25, 0.3) is 10.9 Å². The van der Waals surface area contributed by atoms with Crippen LogP contribution in [0.5, 0.6) is 0 Å². The Balaban J connectivity index is 2.08. The molecule has 0 aliphatic carbocycles. The molecule has 2 rings (SSSR count). The molecule has 0 unspecified atom stereocenters. The molecule has 0 aliphatic rings. The maximum Gasteiger partial charge on any atom is 0.0705 e. The zero-order valence-corrected chi connectivity index (χ0v) is 10.1. The molecule has 0 radical (unpaired) electrons. The molecular formula is C14H18N2O. The number of aromatic nitrogens is 1. The SMILES string of the molecule is CN(CCCO)Cc1ccc2ccccc2n1. The highest BCUT2D eigenvalue weighted by molar-refractivity contribution is 5.78. The van der Waals surface area contributed by atoms with Crippen molar-refractivity contribution in [2.24, 2.45) is 0 Å². The molecule has 0 aliphatic heterocycles. The number of aliphatic hydroxyl groups is 1. The van der Waals surface area contributed by atoms with Gasteiger partial charge in [-0.25, -0.2) is 0 Å². The van der Waals surface area contributed by atoms with Crippen molar-refractivity contribution in [2.45, 2.75) is 13.0 Å². The highest BCUT2D eigenvalue weighted by Gasteiger charge is 2.02. The van der Waals surface area contributed by atoms with E-state index in [-0.39, 0.29) is 6.61 Å². The standard InChI is InChI=1S/C14H18N2O/c1-16(9-4-10-17)11-13-8-7-12-5-2-3-6-14(12)15-13/h2-3,5-8,17H,4,9-11H2,1H3. The number of aliphatic hydroxyl groups excluding tert-OH is 1. The monoisotopic (exact) mass is 230 g/mol. The van der Waals surface area contributed by atoms with Gasteiger partial charge in [0.05, 0.1) is 11.2 Å². The van der Waals surface area contributed by atoms with E-state index in [4.69, 9.17) is 5.11 Å². The van der Waals surface area contributed by atoms with Crippen LogP contribution in [0.4, 0.5) is 0 Å². The van der Waals surface area contributed by atoms with Crippen molar-refractivity contribution >= 4 is 10.9 Å². The first kappa shape index (κ1) is 12.0. The largest absolute Gasteiger partial charge is 0.396 e. The van der Waals surface area contributed by atoms with Gasteiger partial charge in [0, 0.05) is 25.1 Å². The van der Waals surface area contributed by atoms with Gasteiger partial charge in [0.25, 0.3) is 0 Å². The average Bonchev–Trinajstić information content (AvgIpc) is 2.36. The average molecular weight is 230 g/mol. The maximum atomic E-state index is 8.78. The molecule has 0 saturated heterocycles. The summed E-state index contributed by atoms with van der Waals surface area (Å²) in [5.74, 6) is 0. The zero-order valence-electron chi connectivity index (χ0n) is 10.1. The maximum absolute atomic E-state index is 8.78. The van der Waals surface area contributed by atoms with Crippen molar-refractivity contribution < 1.29 is 5.11 Å². The molecule has 1 N–H and O–H groups in total. The lowest BCUT2D eigenvalue weighted by Crippen LogP contribution is -2.20. The van der Waals surface area contributed by atoms with Gasteiger partial charge in [-0.15, -0.1) is 0 Å². The zero-order chi connectivity index (χ0) is 12.1. The number of rotatable bonds is 5. The Morgan fingerprint density at radius 3 is 2.82 bits per heavy atom. The lowest BCUT2D eigenvalue weighted by Gasteiger charge is -2.15. The van der Waals surface area contributed by atoms with Crippen molar-refractivity contribution in [1.82, 2.24) is 9.88 Å². The van der Waals surface area contributed by atoms with E-state index in [0.29, 0.717) is 0 Å². The van der Waals surface area contributed by atoms with Crippen LogP contribution in [0, 0.1) is 0 Å². The van der Waals surface area contributed by atoms with E-state index in [0.717, 1.165) is 30.7 Å². The molecule has 0 saturated carbocycles. The summed E-state index contributed by atoms with van der Waals surface area (Å²) in [6.07, 6.45) is 0.810. The van der Waals surface area contributed by atoms with Crippen LogP contribution in [-0.2, 0) is 6.54 Å². The molecule has 0 atom stereocenters. The summed E-state index contributed by atoms with van der Waals surface area (Å²) in [6.45, 7) is 1.96. The van der Waals surface area contributed by atoms with E-state index in [9.17, 15) is 0 Å². The van der Waals surface area contributed by atoms with Gasteiger partial charge in [-0.1, -0.05) is 24.3 Å². The molecule has 2 aromatic rings. The molecule has 1 heterocycles. The first-order valence-electron chi connectivity index (χ1n) is 5.93. The fourth-order valence-electron chi connectivity index (χ4n) is 1.89. The highest BCUT2D eigenvalue weighted by atomic mass is 16.3. The van der Waals surface area contributed by atoms with E-state index < -0.39 is 0 Å². The molecular weight excluding hydrogens is 212 g/mol. The van der Waals surface area contributed by atoms with Crippen LogP contribution in [0.2, 0.25) is 0 Å². The minimum Gasteiger partial charge on any atom is -0.396 e. The van der Waals surface area contributed by atoms with Crippen LogP contribution in [-0.4, -0.2) is 35.2 Å². The smallest absolute Gasteiger partial charge is 0.0705 e. The summed E-state index contributed by atoms with van der Waals surface area (Å²) < 4.78 is 0. The first-order valence-corrected chi connectivity index (χ1v) is 5.93. The molecule has 3 heteroatoms. The summed E-state index contributed by atoms with van der Waals surface area (Å²) in [5.41, 5.74) is 2.12. The van der Waals surface area contributed by atoms with Gasteiger partial charge in [0.2, 0.25) is 0 Å². The Morgan fingerprint density at radius 1 is 1.18 bits per heavy atom. The van der Waals surface area contributed by atoms with E-state index >= 15 is 0 Å². The quantitative estimate of drug-likeness (QED) is 0.854. The van der Waals surface area contributed by atoms with Gasteiger partial charge < -0.3 is 10.0 Å². The molecule has 0 fully saturated rings. The summed E-state index contributed by atoms with van der Waals surface area (Å²) in [7, 11) is 2.05. The topological polar surface area (TPSA) is 36.4 Å². The fraction of sp³-hybridized carbons (Fsp3) is 0.357. The Morgan fingerprint density at radius 2 is 2.00 bits per heavy atom. The molecule has 17 heavy (non-hydrogen) atoms. The van der Waals surface area contributed by atoms with Gasteiger partial charge in [-0.3, -0.25) is 4.98 Å². The normalized spacial score (nSPS) is 11.2. The predicted octanol–water partition coefficient (Wildman–Crippen LogP) is 2.05. The Labute approximate surface area is 102 Å². The summed E-state index contributed by atoms with van der Waals surface area (Å²) in [6, 6.07) is 12.3. The number of para-hydroxylation sites is 1. The van der Waals surface area contributed by atoms with Gasteiger partial charge in [-0.05, 0) is 25.6 Å². The van der Waals surface area contributed by atoms with Crippen LogP contribution in [0.3, 0.4) is 0 Å². The van der Waals surface area contributed by atoms with E-state index in [2.05, 4.69) is 28.1 Å². The second-order valence-corrected chi connectivity index (χ2v) is 4.31. The lowest BCUT2D eigenvalue weighted by atomic mass is 10.2. The third kappa shape index (κ3) is 3.25. The molecule has 1 aromatic heterocycles. The van der Waals surface area contributed by atoms with Gasteiger partial charge in [-0.2, -0.15) is 0 Å². The number of nitrogens with zero attached hydrogens (tertiary/aromatic N) is 2. The van der Waals surface area contributed by atoms with Crippen LogP contribution < -0.4 is 0 Å². The second-order valence-electron chi connectivity index (χ2n) is 4.31. The number of fused-ring (bicyclic) bond motifs is 1. The number of hydrogen-bond donors (Lipinski definition) is 1. The lowest BCUT2D eigenvalue weighted by molar-refractivity contribution is 0.243. The van der Waals surface area contributed by atoms with Crippen LogP contribution in [0.1, 0.15) is 12.1 Å². The minimum absolute atomic E-state index is 0.246. The number of pyridine rings is 1. The summed E-state index contributed by atoms with van der Waals surface area (Å²) >= 11 is 0. The van der Waals surface area contributed by atoms with Gasteiger partial charge >= 0.3 is 0 Å². The van der Waals surface area contributed by atoms with Gasteiger partial charge in [0.1, 0.15) is 0 Å². The van der Waals surface area contributed by atoms with Crippen LogP contribution in [0.15, 0.2) is 36.4 Å². The minimum atomic E-state index is 0.246. The van der Waals surface area contributed by atoms with E-state index in [1.807, 2.05) is 25.2 Å². The third-order valence-electron chi connectivity index (χ3n) is 2.79. The third-order valence-corrected chi connectivity index (χ3v) is 2.79. The van der Waals surface area contributed by atoms with Crippen LogP contribution >= 0.6 is 0 Å². The van der Waals surface area contributed by atoms with E-state index in [1.165, 1.54) is 5.39 Å². The Hall–Kier alpha value is -1.45. The van der Waals surface area contributed by atoms with Crippen molar-refractivity contribution in [3.8, 4) is 0 Å². The predicted molar refractivity (Wildman–Crippen MR) is 69.8 cm³/mol. The fourth-order valence-corrected chi connectivity index (χ4v) is 1.89. The Kier molecular flexibility index (Phi) is 4.07. The van der Waals surface area contributed by atoms with Crippen molar-refractivity contribution in [2.75, 3.05) is 20.2 Å². The summed E-state index contributed by atoms with van der Waals surface area (Å²) in [4.78, 5) is 6.79. The van der Waals surface area contributed by atoms with E-state index in [1.54, 1.807) is 0 Å². The molecule has 3 nitrogen and oxygen atoms in total. The molecule has 0 spiro atoms. The molecule has 90 valence electrons. The second kappa shape index (κ2) is 5.75. The van der Waals surface area contributed by atoms with Crippen molar-refractivity contribution in [1.29, 1.82) is 0 Å².